The zero-order chi connectivity index (χ0) is 19.3. The second kappa shape index (κ2) is 8.63. The predicted molar refractivity (Wildman–Crippen MR) is 113 cm³/mol. The topological polar surface area (TPSA) is 41.6 Å². The van der Waals surface area contributed by atoms with Crippen molar-refractivity contribution in [2.45, 2.75) is 12.8 Å². The lowest BCUT2D eigenvalue weighted by Crippen LogP contribution is -2.36. The van der Waals surface area contributed by atoms with Gasteiger partial charge in [-0.15, -0.1) is 0 Å². The molecule has 5 heteroatoms. The maximum atomic E-state index is 13.1. The molecule has 1 N–H and O–H groups in total. The van der Waals surface area contributed by atoms with Gasteiger partial charge in [0.25, 0.3) is 5.91 Å². The van der Waals surface area contributed by atoms with Crippen LogP contribution in [0.5, 0.6) is 0 Å². The summed E-state index contributed by atoms with van der Waals surface area (Å²) in [6.45, 7) is 2.99. The Labute approximate surface area is 170 Å². The van der Waals surface area contributed by atoms with Crippen LogP contribution in [0.15, 0.2) is 71.4 Å². The Balaban J connectivity index is 1.65. The highest BCUT2D eigenvalue weighted by molar-refractivity contribution is 6.30. The van der Waals surface area contributed by atoms with Gasteiger partial charge in [0.2, 0.25) is 0 Å². The lowest BCUT2D eigenvalue weighted by atomic mass is 10.1. The van der Waals surface area contributed by atoms with Crippen molar-refractivity contribution >= 4 is 29.3 Å². The SMILES string of the molecule is O=C(Nc1ccc(Cl)cc1)C1=C(N2CCOCC2)/C(=C/c2ccccc2)CC1. The standard InChI is InChI=1S/C23H23ClN2O2/c24-19-7-9-20(10-8-19)25-23(27)21-11-6-18(16-17-4-2-1-3-5-17)22(21)26-12-14-28-15-13-26/h1-5,7-10,16H,6,11-15H2,(H,25,27)/b18-16+. The molecule has 0 atom stereocenters. The van der Waals surface area contributed by atoms with Crippen LogP contribution in [0.3, 0.4) is 0 Å². The zero-order valence-corrected chi connectivity index (χ0v) is 16.4. The maximum Gasteiger partial charge on any atom is 0.253 e. The summed E-state index contributed by atoms with van der Waals surface area (Å²) in [4.78, 5) is 15.4. The van der Waals surface area contributed by atoms with Gasteiger partial charge < -0.3 is 15.0 Å². The Morgan fingerprint density at radius 2 is 1.71 bits per heavy atom. The average molecular weight is 395 g/mol. The first-order valence-electron chi connectivity index (χ1n) is 9.59. The molecule has 2 aliphatic rings. The van der Waals surface area contributed by atoms with Crippen molar-refractivity contribution in [1.82, 2.24) is 4.90 Å². The fraction of sp³-hybridized carbons (Fsp3) is 0.261. The molecule has 144 valence electrons. The minimum Gasteiger partial charge on any atom is -0.378 e. The largest absolute Gasteiger partial charge is 0.378 e. The normalized spacial score (nSPS) is 18.6. The molecule has 4 rings (SSSR count). The zero-order valence-electron chi connectivity index (χ0n) is 15.7. The highest BCUT2D eigenvalue weighted by Gasteiger charge is 2.29. The molecular formula is C23H23ClN2O2. The highest BCUT2D eigenvalue weighted by atomic mass is 35.5. The van der Waals surface area contributed by atoms with Crippen LogP contribution in [-0.4, -0.2) is 37.1 Å². The van der Waals surface area contributed by atoms with E-state index in [0.29, 0.717) is 18.2 Å². The number of ether oxygens (including phenoxy) is 1. The van der Waals surface area contributed by atoms with E-state index in [4.69, 9.17) is 16.3 Å². The number of carbonyl (C=O) groups excluding carboxylic acids is 1. The van der Waals surface area contributed by atoms with Crippen LogP contribution in [0, 0.1) is 0 Å². The molecule has 4 nitrogen and oxygen atoms in total. The lowest BCUT2D eigenvalue weighted by molar-refractivity contribution is -0.113. The fourth-order valence-corrected chi connectivity index (χ4v) is 3.85. The Kier molecular flexibility index (Phi) is 5.79. The number of carbonyl (C=O) groups is 1. The molecule has 2 aromatic carbocycles. The molecule has 0 saturated carbocycles. The second-order valence-electron chi connectivity index (χ2n) is 6.97. The van der Waals surface area contributed by atoms with Crippen LogP contribution in [0.4, 0.5) is 5.69 Å². The van der Waals surface area contributed by atoms with Crippen LogP contribution in [0.25, 0.3) is 6.08 Å². The molecule has 28 heavy (non-hydrogen) atoms. The number of hydrogen-bond donors (Lipinski definition) is 1. The van der Waals surface area contributed by atoms with Crippen molar-refractivity contribution in [1.29, 1.82) is 0 Å². The monoisotopic (exact) mass is 394 g/mol. The predicted octanol–water partition coefficient (Wildman–Crippen LogP) is 4.74. The summed E-state index contributed by atoms with van der Waals surface area (Å²) in [5.74, 6) is -0.0414. The lowest BCUT2D eigenvalue weighted by Gasteiger charge is -2.31. The molecule has 0 unspecified atom stereocenters. The first kappa shape index (κ1) is 18.8. The second-order valence-corrected chi connectivity index (χ2v) is 7.40. The summed E-state index contributed by atoms with van der Waals surface area (Å²) in [5.41, 5.74) is 5.04. The van der Waals surface area contributed by atoms with E-state index in [9.17, 15) is 4.79 Å². The van der Waals surface area contributed by atoms with Gasteiger partial charge in [-0.25, -0.2) is 0 Å². The van der Waals surface area contributed by atoms with E-state index in [1.807, 2.05) is 30.3 Å². The van der Waals surface area contributed by atoms with Gasteiger partial charge in [0, 0.05) is 35.1 Å². The van der Waals surface area contributed by atoms with Crippen LogP contribution in [0.1, 0.15) is 18.4 Å². The summed E-state index contributed by atoms with van der Waals surface area (Å²) < 4.78 is 5.52. The third kappa shape index (κ3) is 4.29. The number of allylic oxidation sites excluding steroid dienone is 1. The first-order valence-corrected chi connectivity index (χ1v) is 9.97. The first-order chi connectivity index (χ1) is 13.7. The number of nitrogens with one attached hydrogen (secondary N) is 1. The molecule has 0 aromatic heterocycles. The van der Waals surface area contributed by atoms with Gasteiger partial charge in [-0.1, -0.05) is 41.9 Å². The van der Waals surface area contributed by atoms with Gasteiger partial charge in [0.15, 0.2) is 0 Å². The van der Waals surface area contributed by atoms with Crippen molar-refractivity contribution in [2.75, 3.05) is 31.6 Å². The molecule has 1 heterocycles. The van der Waals surface area contributed by atoms with Crippen molar-refractivity contribution in [2.24, 2.45) is 0 Å². The summed E-state index contributed by atoms with van der Waals surface area (Å²) in [6.07, 6.45) is 3.81. The molecule has 1 aliphatic carbocycles. The van der Waals surface area contributed by atoms with Crippen LogP contribution in [-0.2, 0) is 9.53 Å². The summed E-state index contributed by atoms with van der Waals surface area (Å²) in [6, 6.07) is 17.5. The molecule has 1 aliphatic heterocycles. The number of morpholine rings is 1. The number of hydrogen-bond acceptors (Lipinski definition) is 3. The van der Waals surface area contributed by atoms with E-state index in [-0.39, 0.29) is 5.91 Å². The number of halogens is 1. The van der Waals surface area contributed by atoms with Crippen molar-refractivity contribution in [3.8, 4) is 0 Å². The molecule has 1 amide bonds. The Hall–Kier alpha value is -2.56. The van der Waals surface area contributed by atoms with Gasteiger partial charge in [-0.3, -0.25) is 4.79 Å². The van der Waals surface area contributed by atoms with Gasteiger partial charge in [0.05, 0.1) is 13.2 Å². The van der Waals surface area contributed by atoms with Gasteiger partial charge in [-0.2, -0.15) is 0 Å². The van der Waals surface area contributed by atoms with Crippen molar-refractivity contribution in [3.63, 3.8) is 0 Å². The minimum atomic E-state index is -0.0414. The Morgan fingerprint density at radius 1 is 1.00 bits per heavy atom. The number of anilines is 1. The van der Waals surface area contributed by atoms with E-state index >= 15 is 0 Å². The third-order valence-corrected chi connectivity index (χ3v) is 5.33. The van der Waals surface area contributed by atoms with Crippen molar-refractivity contribution < 1.29 is 9.53 Å². The molecule has 0 radical (unpaired) electrons. The van der Waals surface area contributed by atoms with Gasteiger partial charge >= 0.3 is 0 Å². The molecular weight excluding hydrogens is 372 g/mol. The molecule has 0 spiro atoms. The summed E-state index contributed by atoms with van der Waals surface area (Å²) >= 11 is 5.95. The Bertz CT molecular complexity index is 898. The average Bonchev–Trinajstić information content (AvgIpc) is 3.15. The summed E-state index contributed by atoms with van der Waals surface area (Å²) in [5, 5.41) is 3.68. The van der Waals surface area contributed by atoms with Crippen LogP contribution < -0.4 is 5.32 Å². The third-order valence-electron chi connectivity index (χ3n) is 5.08. The van der Waals surface area contributed by atoms with Gasteiger partial charge in [0.1, 0.15) is 0 Å². The van der Waals surface area contributed by atoms with Crippen LogP contribution in [0.2, 0.25) is 5.02 Å². The minimum absolute atomic E-state index is 0.0414. The number of amides is 1. The molecule has 1 fully saturated rings. The molecule has 1 saturated heterocycles. The van der Waals surface area contributed by atoms with Crippen molar-refractivity contribution in [3.05, 3.63) is 82.0 Å². The smallest absolute Gasteiger partial charge is 0.253 e. The van der Waals surface area contributed by atoms with E-state index in [2.05, 4.69) is 28.4 Å². The number of benzene rings is 2. The van der Waals surface area contributed by atoms with E-state index in [1.54, 1.807) is 12.1 Å². The van der Waals surface area contributed by atoms with E-state index in [1.165, 1.54) is 5.57 Å². The fourth-order valence-electron chi connectivity index (χ4n) is 3.72. The molecule has 0 bridgehead atoms. The molecule has 2 aromatic rings. The van der Waals surface area contributed by atoms with Crippen LogP contribution >= 0.6 is 11.6 Å². The van der Waals surface area contributed by atoms with Gasteiger partial charge in [-0.05, 0) is 54.3 Å². The quantitative estimate of drug-likeness (QED) is 0.814. The maximum absolute atomic E-state index is 13.1. The Morgan fingerprint density at radius 3 is 2.43 bits per heavy atom. The number of rotatable bonds is 4. The highest BCUT2D eigenvalue weighted by Crippen LogP contribution is 2.36. The summed E-state index contributed by atoms with van der Waals surface area (Å²) in [7, 11) is 0. The van der Waals surface area contributed by atoms with E-state index < -0.39 is 0 Å². The number of nitrogens with zero attached hydrogens (tertiary/aromatic N) is 1. The van der Waals surface area contributed by atoms with E-state index in [0.717, 1.165) is 48.5 Å².